The number of hydrogen-bond acceptors (Lipinski definition) is 4. The number of aryl methyl sites for hydroxylation is 1. The second-order valence-corrected chi connectivity index (χ2v) is 4.50. The van der Waals surface area contributed by atoms with E-state index >= 15 is 0 Å². The van der Waals surface area contributed by atoms with Crippen LogP contribution in [0.1, 0.15) is 26.1 Å². The number of nitrogens with two attached hydrogens (primary N) is 1. The van der Waals surface area contributed by atoms with Crippen LogP contribution in [-0.2, 0) is 17.7 Å². The minimum Gasteiger partial charge on any atom is -0.378 e. The highest BCUT2D eigenvalue weighted by molar-refractivity contribution is 4.92. The second kappa shape index (κ2) is 4.93. The zero-order valence-corrected chi connectivity index (χ0v) is 9.97. The molecule has 2 rings (SSSR count). The lowest BCUT2D eigenvalue weighted by Crippen LogP contribution is -2.33. The highest BCUT2D eigenvalue weighted by atomic mass is 16.5. The Morgan fingerprint density at radius 2 is 2.50 bits per heavy atom. The van der Waals surface area contributed by atoms with Crippen LogP contribution in [0.2, 0.25) is 0 Å². The molecule has 16 heavy (non-hydrogen) atoms. The van der Waals surface area contributed by atoms with Crippen molar-refractivity contribution < 1.29 is 4.74 Å². The Labute approximate surface area is 96.0 Å². The largest absolute Gasteiger partial charge is 0.378 e. The lowest BCUT2D eigenvalue weighted by atomic mass is 9.95. The topological polar surface area (TPSA) is 66.0 Å². The first-order valence-electron chi connectivity index (χ1n) is 5.94. The maximum Gasteiger partial charge on any atom is 0.138 e. The third kappa shape index (κ3) is 2.41. The van der Waals surface area contributed by atoms with Crippen molar-refractivity contribution in [1.82, 2.24) is 14.8 Å². The number of aromatic nitrogens is 3. The van der Waals surface area contributed by atoms with Crippen LogP contribution >= 0.6 is 0 Å². The molecule has 1 fully saturated rings. The average Bonchev–Trinajstić information content (AvgIpc) is 2.86. The van der Waals surface area contributed by atoms with E-state index in [4.69, 9.17) is 10.5 Å². The van der Waals surface area contributed by atoms with Gasteiger partial charge in [-0.25, -0.2) is 4.98 Å². The molecule has 5 heteroatoms. The summed E-state index contributed by atoms with van der Waals surface area (Å²) in [5, 5.41) is 4.15. The van der Waals surface area contributed by atoms with Gasteiger partial charge >= 0.3 is 0 Å². The summed E-state index contributed by atoms with van der Waals surface area (Å²) in [7, 11) is 0. The van der Waals surface area contributed by atoms with Gasteiger partial charge in [-0.2, -0.15) is 5.10 Å². The highest BCUT2D eigenvalue weighted by Crippen LogP contribution is 2.22. The summed E-state index contributed by atoms with van der Waals surface area (Å²) >= 11 is 0. The molecule has 0 radical (unpaired) electrons. The standard InChI is InChI=1S/C11H20N4O/c1-3-15-11(13-7-14-15)5-10(12)9-4-8(2)16-6-9/h7-10H,3-6,12H2,1-2H3. The molecule has 1 aromatic rings. The van der Waals surface area contributed by atoms with Crippen molar-refractivity contribution in [3.63, 3.8) is 0 Å². The summed E-state index contributed by atoms with van der Waals surface area (Å²) in [4.78, 5) is 4.25. The summed E-state index contributed by atoms with van der Waals surface area (Å²) < 4.78 is 7.44. The van der Waals surface area contributed by atoms with Crippen LogP contribution in [0, 0.1) is 5.92 Å². The molecule has 3 atom stereocenters. The number of nitrogens with zero attached hydrogens (tertiary/aromatic N) is 3. The van der Waals surface area contributed by atoms with E-state index in [1.165, 1.54) is 0 Å². The fraction of sp³-hybridized carbons (Fsp3) is 0.818. The minimum absolute atomic E-state index is 0.124. The lowest BCUT2D eigenvalue weighted by Gasteiger charge is -2.17. The van der Waals surface area contributed by atoms with Gasteiger partial charge in [0, 0.05) is 24.9 Å². The van der Waals surface area contributed by atoms with Crippen LogP contribution in [-0.4, -0.2) is 33.5 Å². The third-order valence-electron chi connectivity index (χ3n) is 3.25. The fourth-order valence-electron chi connectivity index (χ4n) is 2.24. The molecule has 1 saturated heterocycles. The van der Waals surface area contributed by atoms with Crippen molar-refractivity contribution in [3.8, 4) is 0 Å². The summed E-state index contributed by atoms with van der Waals surface area (Å²) in [6.45, 7) is 5.79. The summed E-state index contributed by atoms with van der Waals surface area (Å²) in [5.41, 5.74) is 6.19. The van der Waals surface area contributed by atoms with Gasteiger partial charge in [-0.05, 0) is 20.3 Å². The van der Waals surface area contributed by atoms with Crippen molar-refractivity contribution >= 4 is 0 Å². The van der Waals surface area contributed by atoms with Gasteiger partial charge in [-0.15, -0.1) is 0 Å². The van der Waals surface area contributed by atoms with Gasteiger partial charge in [-0.3, -0.25) is 4.68 Å². The van der Waals surface area contributed by atoms with E-state index in [1.807, 2.05) is 4.68 Å². The van der Waals surface area contributed by atoms with Gasteiger partial charge in [0.2, 0.25) is 0 Å². The normalized spacial score (nSPS) is 27.2. The van der Waals surface area contributed by atoms with Crippen molar-refractivity contribution in [2.75, 3.05) is 6.61 Å². The van der Waals surface area contributed by atoms with Crippen molar-refractivity contribution in [2.45, 2.75) is 45.4 Å². The van der Waals surface area contributed by atoms with E-state index in [2.05, 4.69) is 23.9 Å². The van der Waals surface area contributed by atoms with Gasteiger partial charge in [-0.1, -0.05) is 0 Å². The molecular formula is C11H20N4O. The Hall–Kier alpha value is -0.940. The predicted molar refractivity (Wildman–Crippen MR) is 60.9 cm³/mol. The molecule has 0 bridgehead atoms. The lowest BCUT2D eigenvalue weighted by molar-refractivity contribution is 0.118. The maximum atomic E-state index is 6.19. The zero-order chi connectivity index (χ0) is 11.5. The first-order valence-corrected chi connectivity index (χ1v) is 5.94. The van der Waals surface area contributed by atoms with Crippen LogP contribution in [0.4, 0.5) is 0 Å². The Bertz CT molecular complexity index is 338. The molecule has 1 aliphatic rings. The van der Waals surface area contributed by atoms with Crippen molar-refractivity contribution in [3.05, 3.63) is 12.2 Å². The minimum atomic E-state index is 0.124. The molecule has 90 valence electrons. The van der Waals surface area contributed by atoms with E-state index in [1.54, 1.807) is 6.33 Å². The molecule has 5 nitrogen and oxygen atoms in total. The predicted octanol–water partition coefficient (Wildman–Crippen LogP) is 0.593. The van der Waals surface area contributed by atoms with E-state index in [-0.39, 0.29) is 6.04 Å². The smallest absolute Gasteiger partial charge is 0.138 e. The molecule has 0 spiro atoms. The van der Waals surface area contributed by atoms with Crippen LogP contribution in [0.25, 0.3) is 0 Å². The van der Waals surface area contributed by atoms with Crippen LogP contribution in [0.5, 0.6) is 0 Å². The molecular weight excluding hydrogens is 204 g/mol. The van der Waals surface area contributed by atoms with Gasteiger partial charge < -0.3 is 10.5 Å². The Balaban J connectivity index is 1.94. The Morgan fingerprint density at radius 3 is 3.12 bits per heavy atom. The van der Waals surface area contributed by atoms with Crippen LogP contribution in [0.3, 0.4) is 0 Å². The van der Waals surface area contributed by atoms with Gasteiger partial charge in [0.1, 0.15) is 12.2 Å². The number of rotatable bonds is 4. The van der Waals surface area contributed by atoms with E-state index in [0.29, 0.717) is 12.0 Å². The maximum absolute atomic E-state index is 6.19. The molecule has 0 aromatic carbocycles. The van der Waals surface area contributed by atoms with E-state index < -0.39 is 0 Å². The van der Waals surface area contributed by atoms with Gasteiger partial charge in [0.05, 0.1) is 12.7 Å². The summed E-state index contributed by atoms with van der Waals surface area (Å²) in [6, 6.07) is 0.124. The van der Waals surface area contributed by atoms with Gasteiger partial charge in [0.15, 0.2) is 0 Å². The molecule has 3 unspecified atom stereocenters. The molecule has 0 aliphatic carbocycles. The van der Waals surface area contributed by atoms with Crippen molar-refractivity contribution in [1.29, 1.82) is 0 Å². The summed E-state index contributed by atoms with van der Waals surface area (Å²) in [6.07, 6.45) is 3.79. The Kier molecular flexibility index (Phi) is 3.56. The zero-order valence-electron chi connectivity index (χ0n) is 9.97. The molecule has 1 aliphatic heterocycles. The first kappa shape index (κ1) is 11.5. The second-order valence-electron chi connectivity index (χ2n) is 4.50. The average molecular weight is 224 g/mol. The molecule has 2 heterocycles. The fourth-order valence-corrected chi connectivity index (χ4v) is 2.24. The monoisotopic (exact) mass is 224 g/mol. The highest BCUT2D eigenvalue weighted by Gasteiger charge is 2.28. The Morgan fingerprint density at radius 1 is 1.69 bits per heavy atom. The number of ether oxygens (including phenoxy) is 1. The van der Waals surface area contributed by atoms with Gasteiger partial charge in [0.25, 0.3) is 0 Å². The quantitative estimate of drug-likeness (QED) is 0.813. The molecule has 2 N–H and O–H groups in total. The molecule has 0 saturated carbocycles. The van der Waals surface area contributed by atoms with Crippen LogP contribution in [0.15, 0.2) is 6.33 Å². The first-order chi connectivity index (χ1) is 7.70. The number of hydrogen-bond donors (Lipinski definition) is 1. The summed E-state index contributed by atoms with van der Waals surface area (Å²) in [5.74, 6) is 1.44. The van der Waals surface area contributed by atoms with Crippen LogP contribution < -0.4 is 5.73 Å². The van der Waals surface area contributed by atoms with E-state index in [0.717, 1.165) is 31.8 Å². The molecule has 0 amide bonds. The van der Waals surface area contributed by atoms with Crippen molar-refractivity contribution in [2.24, 2.45) is 11.7 Å². The SMILES string of the molecule is CCn1ncnc1CC(N)C1COC(C)C1. The van der Waals surface area contributed by atoms with E-state index in [9.17, 15) is 0 Å². The third-order valence-corrected chi connectivity index (χ3v) is 3.25. The molecule has 1 aromatic heterocycles.